The number of carboxylic acids is 1. The quantitative estimate of drug-likeness (QED) is 0.884. The third-order valence-corrected chi connectivity index (χ3v) is 3.58. The number of hydrogen-bond acceptors (Lipinski definition) is 4. The molecule has 0 aliphatic rings. The van der Waals surface area contributed by atoms with Gasteiger partial charge in [0.2, 0.25) is 0 Å². The van der Waals surface area contributed by atoms with Crippen LogP contribution in [-0.2, 0) is 6.42 Å². The molecule has 0 aliphatic carbocycles. The van der Waals surface area contributed by atoms with Gasteiger partial charge in [0.25, 0.3) is 0 Å². The van der Waals surface area contributed by atoms with Crippen molar-refractivity contribution < 1.29 is 9.90 Å². The first kappa shape index (κ1) is 12.9. The standard InChI is InChI=1S/C12H11ClN2O2S/c13-10-7-15-11(6-9(10)12(16)17)14-4-3-8-2-1-5-18-8/h1-2,5-7H,3-4H2,(H,14,15)(H,16,17). The molecule has 0 aliphatic heterocycles. The van der Waals surface area contributed by atoms with Crippen molar-refractivity contribution in [3.05, 3.63) is 45.2 Å². The first-order chi connectivity index (χ1) is 8.66. The monoisotopic (exact) mass is 282 g/mol. The van der Waals surface area contributed by atoms with Gasteiger partial charge in [-0.1, -0.05) is 17.7 Å². The normalized spacial score (nSPS) is 10.3. The maximum Gasteiger partial charge on any atom is 0.337 e. The summed E-state index contributed by atoms with van der Waals surface area (Å²) in [6, 6.07) is 5.51. The summed E-state index contributed by atoms with van der Waals surface area (Å²) in [5, 5.41) is 14.2. The molecule has 18 heavy (non-hydrogen) atoms. The summed E-state index contributed by atoms with van der Waals surface area (Å²) in [4.78, 5) is 16.2. The summed E-state index contributed by atoms with van der Waals surface area (Å²) in [5.41, 5.74) is 0.0605. The zero-order valence-electron chi connectivity index (χ0n) is 9.39. The lowest BCUT2D eigenvalue weighted by molar-refractivity contribution is 0.0697. The highest BCUT2D eigenvalue weighted by atomic mass is 35.5. The minimum Gasteiger partial charge on any atom is -0.478 e. The number of carboxylic acid groups (broad SMARTS) is 1. The Morgan fingerprint density at radius 1 is 1.56 bits per heavy atom. The van der Waals surface area contributed by atoms with Crippen LogP contribution in [0.3, 0.4) is 0 Å². The van der Waals surface area contributed by atoms with Crippen LogP contribution in [0.5, 0.6) is 0 Å². The largest absolute Gasteiger partial charge is 0.478 e. The number of pyridine rings is 1. The van der Waals surface area contributed by atoms with E-state index in [1.165, 1.54) is 17.1 Å². The topological polar surface area (TPSA) is 62.2 Å². The van der Waals surface area contributed by atoms with Gasteiger partial charge in [0, 0.05) is 17.6 Å². The van der Waals surface area contributed by atoms with E-state index >= 15 is 0 Å². The molecule has 2 rings (SSSR count). The number of halogens is 1. The number of rotatable bonds is 5. The van der Waals surface area contributed by atoms with Gasteiger partial charge in [-0.15, -0.1) is 11.3 Å². The molecule has 0 fully saturated rings. The van der Waals surface area contributed by atoms with Crippen molar-refractivity contribution in [3.8, 4) is 0 Å². The molecule has 6 heteroatoms. The number of aromatic carboxylic acids is 1. The summed E-state index contributed by atoms with van der Waals surface area (Å²) < 4.78 is 0. The van der Waals surface area contributed by atoms with E-state index in [1.54, 1.807) is 11.3 Å². The fourth-order valence-corrected chi connectivity index (χ4v) is 2.36. The predicted molar refractivity (Wildman–Crippen MR) is 72.7 cm³/mol. The van der Waals surface area contributed by atoms with E-state index < -0.39 is 5.97 Å². The van der Waals surface area contributed by atoms with E-state index in [0.29, 0.717) is 12.4 Å². The Morgan fingerprint density at radius 3 is 3.06 bits per heavy atom. The van der Waals surface area contributed by atoms with Crippen molar-refractivity contribution in [2.75, 3.05) is 11.9 Å². The SMILES string of the molecule is O=C(O)c1cc(NCCc2cccs2)ncc1Cl. The van der Waals surface area contributed by atoms with Gasteiger partial charge in [0.15, 0.2) is 0 Å². The van der Waals surface area contributed by atoms with Gasteiger partial charge >= 0.3 is 5.97 Å². The Bertz CT molecular complexity index is 543. The van der Waals surface area contributed by atoms with Crippen molar-refractivity contribution >= 4 is 34.7 Å². The lowest BCUT2D eigenvalue weighted by Gasteiger charge is -2.06. The third kappa shape index (κ3) is 3.21. The minimum atomic E-state index is -1.05. The first-order valence-electron chi connectivity index (χ1n) is 5.32. The molecule has 2 heterocycles. The van der Waals surface area contributed by atoms with Crippen LogP contribution < -0.4 is 5.32 Å². The zero-order valence-corrected chi connectivity index (χ0v) is 11.0. The lowest BCUT2D eigenvalue weighted by Crippen LogP contribution is -2.07. The fraction of sp³-hybridized carbons (Fsp3) is 0.167. The van der Waals surface area contributed by atoms with Crippen molar-refractivity contribution in [1.29, 1.82) is 0 Å². The zero-order chi connectivity index (χ0) is 13.0. The van der Waals surface area contributed by atoms with Gasteiger partial charge < -0.3 is 10.4 Å². The first-order valence-corrected chi connectivity index (χ1v) is 6.57. The van der Waals surface area contributed by atoms with Gasteiger partial charge in [0.05, 0.1) is 10.6 Å². The molecule has 0 unspecified atom stereocenters. The number of nitrogens with zero attached hydrogens (tertiary/aromatic N) is 1. The molecule has 0 bridgehead atoms. The Balaban J connectivity index is 1.97. The van der Waals surface area contributed by atoms with Gasteiger partial charge in [0.1, 0.15) is 5.82 Å². The molecule has 0 spiro atoms. The molecule has 2 aromatic rings. The fourth-order valence-electron chi connectivity index (χ4n) is 1.47. The maximum atomic E-state index is 10.9. The third-order valence-electron chi connectivity index (χ3n) is 2.34. The van der Waals surface area contributed by atoms with Crippen LogP contribution in [0, 0.1) is 0 Å². The van der Waals surface area contributed by atoms with Crippen molar-refractivity contribution in [2.45, 2.75) is 6.42 Å². The molecule has 0 aromatic carbocycles. The molecule has 2 aromatic heterocycles. The predicted octanol–water partition coefficient (Wildman–Crippen LogP) is 3.15. The Morgan fingerprint density at radius 2 is 2.39 bits per heavy atom. The molecule has 0 saturated heterocycles. The number of nitrogens with one attached hydrogen (secondary N) is 1. The average Bonchev–Trinajstić information content (AvgIpc) is 2.84. The summed E-state index contributed by atoms with van der Waals surface area (Å²) in [5.74, 6) is -0.530. The van der Waals surface area contributed by atoms with Crippen molar-refractivity contribution in [1.82, 2.24) is 4.98 Å². The second-order valence-electron chi connectivity index (χ2n) is 3.61. The van der Waals surface area contributed by atoms with Crippen LogP contribution in [-0.4, -0.2) is 22.6 Å². The van der Waals surface area contributed by atoms with Crippen LogP contribution >= 0.6 is 22.9 Å². The van der Waals surface area contributed by atoms with Gasteiger partial charge in [-0.05, 0) is 23.9 Å². The van der Waals surface area contributed by atoms with E-state index in [-0.39, 0.29) is 10.6 Å². The van der Waals surface area contributed by atoms with Gasteiger partial charge in [-0.3, -0.25) is 0 Å². The minimum absolute atomic E-state index is 0.0605. The molecular formula is C12H11ClN2O2S. The summed E-state index contributed by atoms with van der Waals surface area (Å²) in [6.45, 7) is 0.703. The molecule has 0 saturated carbocycles. The maximum absolute atomic E-state index is 10.9. The summed E-state index contributed by atoms with van der Waals surface area (Å²) >= 11 is 7.43. The molecule has 2 N–H and O–H groups in total. The summed E-state index contributed by atoms with van der Waals surface area (Å²) in [6.07, 6.45) is 2.23. The highest BCUT2D eigenvalue weighted by molar-refractivity contribution is 7.09. The molecule has 4 nitrogen and oxygen atoms in total. The molecular weight excluding hydrogens is 272 g/mol. The Kier molecular flexibility index (Phi) is 4.17. The Labute approximate surface area is 113 Å². The van der Waals surface area contributed by atoms with Crippen molar-refractivity contribution in [2.24, 2.45) is 0 Å². The molecule has 0 amide bonds. The van der Waals surface area contributed by atoms with Crippen LogP contribution in [0.15, 0.2) is 29.8 Å². The second kappa shape index (κ2) is 5.84. The molecule has 0 radical (unpaired) electrons. The smallest absolute Gasteiger partial charge is 0.337 e. The molecule has 0 atom stereocenters. The number of aromatic nitrogens is 1. The Hall–Kier alpha value is -1.59. The summed E-state index contributed by atoms with van der Waals surface area (Å²) in [7, 11) is 0. The van der Waals surface area contributed by atoms with E-state index in [0.717, 1.165) is 6.42 Å². The van der Waals surface area contributed by atoms with Crippen LogP contribution in [0.2, 0.25) is 5.02 Å². The number of carbonyl (C=O) groups is 1. The molecule has 94 valence electrons. The van der Waals surface area contributed by atoms with Crippen molar-refractivity contribution in [3.63, 3.8) is 0 Å². The van der Waals surface area contributed by atoms with E-state index in [2.05, 4.69) is 16.4 Å². The van der Waals surface area contributed by atoms with Gasteiger partial charge in [-0.25, -0.2) is 9.78 Å². The highest BCUT2D eigenvalue weighted by Crippen LogP contribution is 2.18. The van der Waals surface area contributed by atoms with E-state index in [9.17, 15) is 4.79 Å². The highest BCUT2D eigenvalue weighted by Gasteiger charge is 2.10. The number of thiophene rings is 1. The van der Waals surface area contributed by atoms with Crippen LogP contribution in [0.25, 0.3) is 0 Å². The average molecular weight is 283 g/mol. The van der Waals surface area contributed by atoms with Gasteiger partial charge in [-0.2, -0.15) is 0 Å². The van der Waals surface area contributed by atoms with E-state index in [4.69, 9.17) is 16.7 Å². The van der Waals surface area contributed by atoms with Crippen LogP contribution in [0.1, 0.15) is 15.2 Å². The number of hydrogen-bond donors (Lipinski definition) is 2. The van der Waals surface area contributed by atoms with Crippen LogP contribution in [0.4, 0.5) is 5.82 Å². The second-order valence-corrected chi connectivity index (χ2v) is 5.05. The number of anilines is 1. The van der Waals surface area contributed by atoms with E-state index in [1.807, 2.05) is 11.4 Å². The lowest BCUT2D eigenvalue weighted by atomic mass is 10.2.